The monoisotopic (exact) mass is 498 g/mol. The van der Waals surface area contributed by atoms with Gasteiger partial charge < -0.3 is 31.3 Å². The third-order valence-electron chi connectivity index (χ3n) is 7.88. The van der Waals surface area contributed by atoms with Crippen molar-refractivity contribution in [1.82, 2.24) is 20.1 Å². The number of nitrogens with one attached hydrogen (secondary N) is 1. The predicted molar refractivity (Wildman–Crippen MR) is 128 cm³/mol. The molecule has 194 valence electrons. The quantitative estimate of drug-likeness (QED) is 0.442. The van der Waals surface area contributed by atoms with Crippen molar-refractivity contribution >= 4 is 23.6 Å². The number of carbonyl (C=O) groups is 4. The van der Waals surface area contributed by atoms with Crippen molar-refractivity contribution in [3.05, 3.63) is 24.0 Å². The summed E-state index contributed by atoms with van der Waals surface area (Å²) in [4.78, 5) is 59.9. The minimum Gasteiger partial charge on any atom is -0.473 e. The number of primary amides is 1. The van der Waals surface area contributed by atoms with E-state index in [0.717, 1.165) is 25.7 Å². The lowest BCUT2D eigenvalue weighted by molar-refractivity contribution is -0.148. The third-order valence-corrected chi connectivity index (χ3v) is 7.88. The van der Waals surface area contributed by atoms with Crippen LogP contribution in [0.3, 0.4) is 0 Å². The smallest absolute Gasteiger partial charge is 0.266 e. The summed E-state index contributed by atoms with van der Waals surface area (Å²) in [6.45, 7) is 0.0172. The number of pyridine rings is 1. The third kappa shape index (κ3) is 4.76. The summed E-state index contributed by atoms with van der Waals surface area (Å²) in [5.41, 5.74) is 11.0. The first-order valence-corrected chi connectivity index (χ1v) is 12.7. The number of ether oxygens (including phenoxy) is 1. The number of amides is 4. The van der Waals surface area contributed by atoms with E-state index in [-0.39, 0.29) is 25.4 Å². The highest BCUT2D eigenvalue weighted by atomic mass is 16.5. The molecule has 5 N–H and O–H groups in total. The molecule has 1 aromatic rings. The summed E-state index contributed by atoms with van der Waals surface area (Å²) in [6.07, 6.45) is 6.72. The average molecular weight is 499 g/mol. The minimum absolute atomic E-state index is 0.0801. The number of aromatic nitrogens is 1. The van der Waals surface area contributed by atoms with Crippen LogP contribution in [0.1, 0.15) is 50.6 Å². The number of rotatable bonds is 8. The van der Waals surface area contributed by atoms with Crippen LogP contribution in [0, 0.1) is 11.8 Å². The van der Waals surface area contributed by atoms with Gasteiger partial charge in [0.05, 0.1) is 19.1 Å². The van der Waals surface area contributed by atoms with Gasteiger partial charge in [0.2, 0.25) is 23.3 Å². The molecular formula is C25H34N6O5. The maximum absolute atomic E-state index is 14.0. The Morgan fingerprint density at radius 3 is 2.61 bits per heavy atom. The number of nitrogens with two attached hydrogens (primary N) is 2. The molecule has 0 radical (unpaired) electrons. The van der Waals surface area contributed by atoms with Gasteiger partial charge in [-0.25, -0.2) is 0 Å². The highest BCUT2D eigenvalue weighted by Gasteiger charge is 2.57. The zero-order valence-corrected chi connectivity index (χ0v) is 20.5. The molecule has 0 bridgehead atoms. The van der Waals surface area contributed by atoms with E-state index in [1.54, 1.807) is 25.4 Å². The SMILES string of the molecule is CN(C(=O)[C@@H](N)CC1CC1)[C@@H](CC1CC1)C(=O)N1C[C@@]2(C[C@H]1C(N)=O)Oc1cccnc1CNC2=O. The van der Waals surface area contributed by atoms with Gasteiger partial charge in [-0.3, -0.25) is 24.2 Å². The molecule has 4 aliphatic rings. The van der Waals surface area contributed by atoms with Crippen LogP contribution in [0.2, 0.25) is 0 Å². The molecule has 0 aromatic carbocycles. The van der Waals surface area contributed by atoms with Crippen LogP contribution in [-0.2, 0) is 25.7 Å². The lowest BCUT2D eigenvalue weighted by atomic mass is 9.98. The summed E-state index contributed by atoms with van der Waals surface area (Å²) in [7, 11) is 1.60. The Morgan fingerprint density at radius 2 is 1.94 bits per heavy atom. The molecule has 3 heterocycles. The van der Waals surface area contributed by atoms with Gasteiger partial charge in [-0.15, -0.1) is 0 Å². The Balaban J connectivity index is 1.41. The zero-order chi connectivity index (χ0) is 25.6. The lowest BCUT2D eigenvalue weighted by Gasteiger charge is -2.34. The fourth-order valence-electron chi connectivity index (χ4n) is 5.34. The molecule has 1 spiro atoms. The molecule has 0 unspecified atom stereocenters. The molecule has 1 aromatic heterocycles. The minimum atomic E-state index is -1.49. The highest BCUT2D eigenvalue weighted by Crippen LogP contribution is 2.39. The summed E-state index contributed by atoms with van der Waals surface area (Å²) in [5.74, 6) is -0.642. The molecule has 1 saturated heterocycles. The maximum atomic E-state index is 14.0. The van der Waals surface area contributed by atoms with Crippen molar-refractivity contribution in [2.24, 2.45) is 23.3 Å². The van der Waals surface area contributed by atoms with E-state index in [1.807, 2.05) is 0 Å². The van der Waals surface area contributed by atoms with E-state index >= 15 is 0 Å². The summed E-state index contributed by atoms with van der Waals surface area (Å²) in [5, 5.41) is 2.81. The van der Waals surface area contributed by atoms with Gasteiger partial charge >= 0.3 is 0 Å². The number of fused-ring (bicyclic) bond motifs is 1. The van der Waals surface area contributed by atoms with Gasteiger partial charge in [0, 0.05) is 19.7 Å². The first kappa shape index (κ1) is 24.5. The van der Waals surface area contributed by atoms with Crippen molar-refractivity contribution in [1.29, 1.82) is 0 Å². The van der Waals surface area contributed by atoms with Crippen LogP contribution in [0.5, 0.6) is 5.75 Å². The normalized spacial score (nSPS) is 26.9. The Bertz CT molecular complexity index is 1070. The second-order valence-electron chi connectivity index (χ2n) is 10.7. The number of hydrogen-bond acceptors (Lipinski definition) is 7. The Labute approximate surface area is 209 Å². The van der Waals surface area contributed by atoms with E-state index in [2.05, 4.69) is 10.3 Å². The van der Waals surface area contributed by atoms with Crippen LogP contribution in [0.15, 0.2) is 18.3 Å². The first-order chi connectivity index (χ1) is 17.2. The number of hydrogen-bond donors (Lipinski definition) is 3. The van der Waals surface area contributed by atoms with Crippen LogP contribution in [0.25, 0.3) is 0 Å². The van der Waals surface area contributed by atoms with Crippen molar-refractivity contribution in [3.63, 3.8) is 0 Å². The Kier molecular flexibility index (Phi) is 6.36. The number of carbonyl (C=O) groups excluding carboxylic acids is 4. The van der Waals surface area contributed by atoms with Gasteiger partial charge in [-0.2, -0.15) is 0 Å². The second kappa shape index (κ2) is 9.34. The molecule has 36 heavy (non-hydrogen) atoms. The van der Waals surface area contributed by atoms with Gasteiger partial charge in [0.15, 0.2) is 0 Å². The molecule has 2 aliphatic heterocycles. The van der Waals surface area contributed by atoms with E-state index in [4.69, 9.17) is 16.2 Å². The van der Waals surface area contributed by atoms with Crippen LogP contribution >= 0.6 is 0 Å². The van der Waals surface area contributed by atoms with Crippen molar-refractivity contribution in [2.75, 3.05) is 13.6 Å². The molecule has 2 saturated carbocycles. The van der Waals surface area contributed by atoms with Crippen LogP contribution in [0.4, 0.5) is 0 Å². The van der Waals surface area contributed by atoms with Gasteiger partial charge in [-0.1, -0.05) is 25.7 Å². The lowest BCUT2D eigenvalue weighted by Crippen LogP contribution is -2.57. The molecule has 4 amide bonds. The van der Waals surface area contributed by atoms with Crippen molar-refractivity contribution in [3.8, 4) is 5.75 Å². The molecule has 4 atom stereocenters. The van der Waals surface area contributed by atoms with E-state index < -0.39 is 41.4 Å². The van der Waals surface area contributed by atoms with Crippen molar-refractivity contribution < 1.29 is 23.9 Å². The fourth-order valence-corrected chi connectivity index (χ4v) is 5.34. The van der Waals surface area contributed by atoms with E-state index in [0.29, 0.717) is 36.1 Å². The average Bonchev–Trinajstić information content (AvgIpc) is 3.79. The standard InChI is InChI=1S/C25H34N6O5/c1-30(22(33)16(26)9-14-4-5-14)18(10-15-6-7-15)23(34)31-13-25(11-19(31)21(27)32)24(35)29-12-17-20(36-25)3-2-8-28-17/h2-3,8,14-16,18-19H,4-7,9-13,26H2,1H3,(H2,27,32)(H,29,35)/t16-,18-,19-,25+/m0/s1. The van der Waals surface area contributed by atoms with Crippen molar-refractivity contribution in [2.45, 2.75) is 75.2 Å². The van der Waals surface area contributed by atoms with Crippen LogP contribution < -0.4 is 21.5 Å². The first-order valence-electron chi connectivity index (χ1n) is 12.7. The van der Waals surface area contributed by atoms with Gasteiger partial charge in [0.1, 0.15) is 23.5 Å². The van der Waals surface area contributed by atoms with Crippen LogP contribution in [-0.4, -0.2) is 75.7 Å². The summed E-state index contributed by atoms with van der Waals surface area (Å²) in [6, 6.07) is 0.885. The molecular weight excluding hydrogens is 464 g/mol. The fraction of sp³-hybridized carbons (Fsp3) is 0.640. The number of likely N-dealkylation sites (tertiary alicyclic amines) is 1. The Hall–Kier alpha value is -3.21. The second-order valence-corrected chi connectivity index (χ2v) is 10.7. The van der Waals surface area contributed by atoms with E-state index in [1.165, 1.54) is 9.80 Å². The zero-order valence-electron chi connectivity index (χ0n) is 20.5. The molecule has 2 aliphatic carbocycles. The number of likely N-dealkylation sites (N-methyl/N-ethyl adjacent to an activating group) is 1. The Morgan fingerprint density at radius 1 is 1.25 bits per heavy atom. The number of nitrogens with zero attached hydrogens (tertiary/aromatic N) is 3. The molecule has 5 rings (SSSR count). The molecule has 11 heteroatoms. The largest absolute Gasteiger partial charge is 0.473 e. The molecule has 3 fully saturated rings. The summed E-state index contributed by atoms with van der Waals surface area (Å²) >= 11 is 0. The summed E-state index contributed by atoms with van der Waals surface area (Å²) < 4.78 is 6.17. The highest BCUT2D eigenvalue weighted by molar-refractivity contribution is 5.96. The predicted octanol–water partition coefficient (Wildman–Crippen LogP) is -0.330. The van der Waals surface area contributed by atoms with Gasteiger partial charge in [-0.05, 0) is 36.8 Å². The van der Waals surface area contributed by atoms with Gasteiger partial charge in [0.25, 0.3) is 5.91 Å². The topological polar surface area (TPSA) is 161 Å². The van der Waals surface area contributed by atoms with E-state index in [9.17, 15) is 19.2 Å². The molecule has 11 nitrogen and oxygen atoms in total. The maximum Gasteiger partial charge on any atom is 0.266 e.